The lowest BCUT2D eigenvalue weighted by Gasteiger charge is -2.20. The number of carbonyl (C=O) groups excluding carboxylic acids is 1. The van der Waals surface area contributed by atoms with E-state index in [1.807, 2.05) is 50.2 Å². The van der Waals surface area contributed by atoms with Crippen molar-refractivity contribution in [2.75, 3.05) is 0 Å². The number of rotatable bonds is 23. The van der Waals surface area contributed by atoms with Crippen molar-refractivity contribution < 1.29 is 43.9 Å². The number of nitrogens with one attached hydrogen (secondary N) is 2. The minimum Gasteiger partial charge on any atom is -0.488 e. The number of carboxylic acid groups (broad SMARTS) is 1. The number of hydrogen-bond acceptors (Lipinski definition) is 14. The molecule has 6 aromatic rings. The Balaban J connectivity index is 1.21. The molecule has 17 heteroatoms. The lowest BCUT2D eigenvalue weighted by molar-refractivity contribution is -0.142. The highest BCUT2D eigenvalue weighted by molar-refractivity contribution is 6.32. The number of carboxylic acids is 1. The number of nitriles is 2. The molecule has 2 heterocycles. The molecule has 0 bridgehead atoms. The smallest absolute Gasteiger partial charge is 0.323 e. The molecule has 5 N–H and O–H groups in total. The van der Waals surface area contributed by atoms with Crippen molar-refractivity contribution in [2.45, 2.75) is 91.5 Å². The van der Waals surface area contributed by atoms with E-state index >= 15 is 0 Å². The summed E-state index contributed by atoms with van der Waals surface area (Å²) in [5, 5.41) is 54.9. The second kappa shape index (κ2) is 24.3. The lowest BCUT2D eigenvalue weighted by Crippen LogP contribution is -2.44. The topological polar surface area (TPSA) is 229 Å². The number of carbonyl (C=O) groups is 2. The van der Waals surface area contributed by atoms with E-state index in [-0.39, 0.29) is 44.5 Å². The quantitative estimate of drug-likeness (QED) is 0.0382. The van der Waals surface area contributed by atoms with Crippen molar-refractivity contribution in [3.05, 3.63) is 163 Å². The van der Waals surface area contributed by atoms with E-state index in [2.05, 4.69) is 32.7 Å². The van der Waals surface area contributed by atoms with E-state index in [1.54, 1.807) is 48.8 Å². The SMILES string of the molecule is Cc1c(COc2cc(OCc3cncc(C#N)c3)c(CNC(C=O)C(C)O)cc2Cl)cccc1-c1cccc(COc2cc(OCc3cncc(C#N)c3)c(CNC(C(=O)O)C(C)O)cc2Cl)c1C. The molecule has 0 spiro atoms. The number of halogens is 2. The van der Waals surface area contributed by atoms with Crippen molar-refractivity contribution in [2.24, 2.45) is 0 Å². The van der Waals surface area contributed by atoms with Gasteiger partial charge in [-0.05, 0) is 85.3 Å². The zero-order valence-corrected chi connectivity index (χ0v) is 39.7. The minimum absolute atomic E-state index is 0.00139. The van der Waals surface area contributed by atoms with E-state index in [9.17, 15) is 35.4 Å². The van der Waals surface area contributed by atoms with Crippen LogP contribution in [0, 0.1) is 36.5 Å². The van der Waals surface area contributed by atoms with Crippen LogP contribution in [0.15, 0.2) is 97.6 Å². The summed E-state index contributed by atoms with van der Waals surface area (Å²) in [7, 11) is 0. The molecule has 15 nitrogen and oxygen atoms in total. The Morgan fingerprint density at radius 3 is 1.51 bits per heavy atom. The highest BCUT2D eigenvalue weighted by atomic mass is 35.5. The van der Waals surface area contributed by atoms with Gasteiger partial charge in [-0.1, -0.05) is 59.6 Å². The van der Waals surface area contributed by atoms with Crippen LogP contribution in [0.5, 0.6) is 23.0 Å². The van der Waals surface area contributed by atoms with Crippen LogP contribution in [0.3, 0.4) is 0 Å². The first-order chi connectivity index (χ1) is 33.2. The number of nitrogens with zero attached hydrogens (tertiary/aromatic N) is 4. The molecule has 0 aliphatic rings. The van der Waals surface area contributed by atoms with Crippen LogP contribution in [0.2, 0.25) is 10.0 Å². The van der Waals surface area contributed by atoms with Crippen molar-refractivity contribution in [1.29, 1.82) is 10.5 Å². The average Bonchev–Trinajstić information content (AvgIpc) is 3.33. The van der Waals surface area contributed by atoms with Gasteiger partial charge in [0.1, 0.15) is 73.9 Å². The maximum Gasteiger partial charge on any atom is 0.323 e. The molecule has 4 aromatic carbocycles. The molecular weight excluding hydrogens is 924 g/mol. The molecular formula is C52H50Cl2N6O9. The minimum atomic E-state index is -1.25. The number of aldehydes is 1. The number of pyridine rings is 2. The molecule has 4 atom stereocenters. The normalized spacial score (nSPS) is 12.7. The number of hydrogen-bond donors (Lipinski definition) is 5. The summed E-state index contributed by atoms with van der Waals surface area (Å²) >= 11 is 13.6. The molecule has 6 rings (SSSR count). The Hall–Kier alpha value is -7.08. The third-order valence-corrected chi connectivity index (χ3v) is 11.9. The Morgan fingerprint density at radius 2 is 1.10 bits per heavy atom. The Labute approximate surface area is 409 Å². The Kier molecular flexibility index (Phi) is 18.1. The zero-order chi connectivity index (χ0) is 49.6. The molecule has 0 aliphatic carbocycles. The molecule has 0 saturated heterocycles. The van der Waals surface area contributed by atoms with Gasteiger partial charge < -0.3 is 44.4 Å². The predicted molar refractivity (Wildman–Crippen MR) is 258 cm³/mol. The van der Waals surface area contributed by atoms with Crippen LogP contribution in [0.25, 0.3) is 11.1 Å². The van der Waals surface area contributed by atoms with E-state index in [4.69, 9.17) is 42.1 Å². The molecule has 0 amide bonds. The van der Waals surface area contributed by atoms with E-state index < -0.39 is 30.3 Å². The van der Waals surface area contributed by atoms with Crippen LogP contribution in [-0.2, 0) is 49.1 Å². The van der Waals surface area contributed by atoms with Gasteiger partial charge in [0.05, 0.1) is 39.4 Å². The summed E-state index contributed by atoms with van der Waals surface area (Å²) in [5.41, 5.74) is 8.85. The van der Waals surface area contributed by atoms with Crippen LogP contribution in [-0.4, -0.2) is 61.8 Å². The van der Waals surface area contributed by atoms with E-state index in [0.29, 0.717) is 67.7 Å². The lowest BCUT2D eigenvalue weighted by atomic mass is 9.92. The largest absolute Gasteiger partial charge is 0.488 e. The summed E-state index contributed by atoms with van der Waals surface area (Å²) in [5.74, 6) is 0.213. The van der Waals surface area contributed by atoms with Gasteiger partial charge in [0.15, 0.2) is 0 Å². The van der Waals surface area contributed by atoms with Crippen LogP contribution < -0.4 is 29.6 Å². The van der Waals surface area contributed by atoms with Crippen molar-refractivity contribution in [3.63, 3.8) is 0 Å². The standard InChI is InChI=1S/C52H50Cl2N6O9/c1-30-38(28-68-49-15-47(66-26-36-11-34(17-55)19-57-21-36)40(13-44(49)53)23-59-46(25-61)32(3)62)7-5-9-42(30)43-10-6-8-39(31(43)2)29-69-50-16-48(67-27-37-12-35(18-56)20-58-22-37)41(14-45(50)54)24-60-51(33(4)63)52(64)65/h5-16,19-22,25,32-33,46,51,59-60,62-63H,23-24,26-29H2,1-4H3,(H,64,65). The van der Waals surface area contributed by atoms with E-state index in [1.165, 1.54) is 26.2 Å². The fourth-order valence-electron chi connectivity index (χ4n) is 7.31. The predicted octanol–water partition coefficient (Wildman–Crippen LogP) is 8.09. The van der Waals surface area contributed by atoms with Gasteiger partial charge >= 0.3 is 5.97 Å². The third-order valence-electron chi connectivity index (χ3n) is 11.3. The summed E-state index contributed by atoms with van der Waals surface area (Å²) in [6, 6.07) is 23.9. The second-order valence-electron chi connectivity index (χ2n) is 16.2. The van der Waals surface area contributed by atoms with Gasteiger partial charge in [0.2, 0.25) is 0 Å². The molecule has 356 valence electrons. The number of ether oxygens (including phenoxy) is 4. The number of aromatic nitrogens is 2. The highest BCUT2D eigenvalue weighted by Crippen LogP contribution is 2.37. The first-order valence-corrected chi connectivity index (χ1v) is 22.5. The van der Waals surface area contributed by atoms with E-state index in [0.717, 1.165) is 33.4 Å². The summed E-state index contributed by atoms with van der Waals surface area (Å²) in [4.78, 5) is 31.6. The van der Waals surface area contributed by atoms with Crippen molar-refractivity contribution >= 4 is 35.5 Å². The molecule has 0 radical (unpaired) electrons. The third kappa shape index (κ3) is 13.6. The average molecular weight is 974 g/mol. The van der Waals surface area contributed by atoms with Gasteiger partial charge in [-0.15, -0.1) is 0 Å². The first-order valence-electron chi connectivity index (χ1n) is 21.7. The molecule has 69 heavy (non-hydrogen) atoms. The monoisotopic (exact) mass is 972 g/mol. The zero-order valence-electron chi connectivity index (χ0n) is 38.2. The molecule has 4 unspecified atom stereocenters. The number of benzene rings is 4. The fourth-order valence-corrected chi connectivity index (χ4v) is 7.80. The van der Waals surface area contributed by atoms with Crippen molar-refractivity contribution in [3.8, 4) is 46.3 Å². The number of aliphatic hydroxyl groups is 2. The maximum absolute atomic E-state index is 11.8. The van der Waals surface area contributed by atoms with Gasteiger partial charge in [-0.25, -0.2) is 0 Å². The number of aliphatic hydroxyl groups excluding tert-OH is 2. The maximum atomic E-state index is 11.8. The molecule has 0 aliphatic heterocycles. The van der Waals surface area contributed by atoms with Gasteiger partial charge in [-0.2, -0.15) is 10.5 Å². The second-order valence-corrected chi connectivity index (χ2v) is 17.0. The van der Waals surface area contributed by atoms with Gasteiger partial charge in [0.25, 0.3) is 0 Å². The molecule has 0 fully saturated rings. The molecule has 0 saturated carbocycles. The van der Waals surface area contributed by atoms with Crippen LogP contribution in [0.4, 0.5) is 0 Å². The Morgan fingerprint density at radius 1 is 0.652 bits per heavy atom. The van der Waals surface area contributed by atoms with Crippen LogP contribution >= 0.6 is 23.2 Å². The van der Waals surface area contributed by atoms with Crippen LogP contribution in [0.1, 0.15) is 69.5 Å². The summed E-state index contributed by atoms with van der Waals surface area (Å²) in [6.45, 7) is 7.49. The highest BCUT2D eigenvalue weighted by Gasteiger charge is 2.24. The van der Waals surface area contributed by atoms with Crippen molar-refractivity contribution in [1.82, 2.24) is 20.6 Å². The first kappa shape index (κ1) is 51.3. The Bertz CT molecular complexity index is 2880. The summed E-state index contributed by atoms with van der Waals surface area (Å²) in [6.07, 6.45) is 4.61. The number of aliphatic carboxylic acids is 1. The van der Waals surface area contributed by atoms with Gasteiger partial charge in [0, 0.05) is 72.3 Å². The fraction of sp³-hybridized carbons (Fsp3) is 0.269. The van der Waals surface area contributed by atoms with Gasteiger partial charge in [-0.3, -0.25) is 20.1 Å². The molecule has 2 aromatic heterocycles. The summed E-state index contributed by atoms with van der Waals surface area (Å²) < 4.78 is 25.1.